The zero-order valence-electron chi connectivity index (χ0n) is 13.7. The number of nitro groups is 1. The monoisotopic (exact) mass is 350 g/mol. The van der Waals surface area contributed by atoms with E-state index in [1.54, 1.807) is 30.7 Å². The van der Waals surface area contributed by atoms with Crippen LogP contribution in [-0.4, -0.2) is 37.7 Å². The van der Waals surface area contributed by atoms with Gasteiger partial charge in [-0.1, -0.05) is 6.07 Å². The van der Waals surface area contributed by atoms with Crippen molar-refractivity contribution in [3.8, 4) is 0 Å². The number of imidazole rings is 1. The Balaban J connectivity index is 1.70. The number of hydrogen-bond acceptors (Lipinski definition) is 5. The van der Waals surface area contributed by atoms with Gasteiger partial charge in [0.05, 0.1) is 16.6 Å². The molecule has 8 heteroatoms. The summed E-state index contributed by atoms with van der Waals surface area (Å²) < 4.78 is 1.87. The summed E-state index contributed by atoms with van der Waals surface area (Å²) in [6.45, 7) is 0.900. The molecule has 0 unspecified atom stereocenters. The predicted molar refractivity (Wildman–Crippen MR) is 92.8 cm³/mol. The van der Waals surface area contributed by atoms with E-state index in [0.29, 0.717) is 34.9 Å². The van der Waals surface area contributed by atoms with Crippen LogP contribution < -0.4 is 0 Å². The highest BCUT2D eigenvalue weighted by Crippen LogP contribution is 2.35. The van der Waals surface area contributed by atoms with Gasteiger partial charge >= 0.3 is 0 Å². The highest BCUT2D eigenvalue weighted by atomic mass is 16.6. The number of imide groups is 1. The number of hydrogen-bond donors (Lipinski definition) is 0. The lowest BCUT2D eigenvalue weighted by Gasteiger charge is -2.27. The van der Waals surface area contributed by atoms with Crippen molar-refractivity contribution in [3.63, 3.8) is 0 Å². The first-order valence-electron chi connectivity index (χ1n) is 8.10. The molecular weight excluding hydrogens is 336 g/mol. The fourth-order valence-electron chi connectivity index (χ4n) is 3.32. The number of amides is 2. The van der Waals surface area contributed by atoms with Gasteiger partial charge in [-0.05, 0) is 24.6 Å². The van der Waals surface area contributed by atoms with Gasteiger partial charge < -0.3 is 4.57 Å². The molecule has 1 aliphatic rings. The first-order chi connectivity index (χ1) is 12.6. The molecule has 1 aliphatic heterocycles. The van der Waals surface area contributed by atoms with Gasteiger partial charge in [0.25, 0.3) is 17.5 Å². The predicted octanol–water partition coefficient (Wildman–Crippen LogP) is 2.63. The summed E-state index contributed by atoms with van der Waals surface area (Å²) in [4.78, 5) is 41.5. The molecule has 3 aromatic rings. The van der Waals surface area contributed by atoms with Crippen LogP contribution in [0.3, 0.4) is 0 Å². The largest absolute Gasteiger partial charge is 0.337 e. The van der Waals surface area contributed by atoms with Gasteiger partial charge in [0, 0.05) is 48.1 Å². The molecule has 26 heavy (non-hydrogen) atoms. The van der Waals surface area contributed by atoms with E-state index in [2.05, 4.69) is 4.98 Å². The zero-order chi connectivity index (χ0) is 18.3. The minimum atomic E-state index is -0.505. The fraction of sp³-hybridized carbons (Fsp3) is 0.167. The van der Waals surface area contributed by atoms with Crippen LogP contribution in [0.4, 0.5) is 5.69 Å². The van der Waals surface area contributed by atoms with Crippen molar-refractivity contribution in [2.24, 2.45) is 0 Å². The van der Waals surface area contributed by atoms with Crippen LogP contribution in [0.5, 0.6) is 0 Å². The second-order valence-electron chi connectivity index (χ2n) is 6.03. The number of carbonyl (C=O) groups excluding carboxylic acids is 2. The van der Waals surface area contributed by atoms with Crippen LogP contribution in [0.25, 0.3) is 10.8 Å². The zero-order valence-corrected chi connectivity index (χ0v) is 13.7. The third kappa shape index (κ3) is 2.43. The van der Waals surface area contributed by atoms with Crippen molar-refractivity contribution in [2.45, 2.75) is 13.0 Å². The van der Waals surface area contributed by atoms with Gasteiger partial charge in [0.15, 0.2) is 0 Å². The van der Waals surface area contributed by atoms with Crippen LogP contribution in [0, 0.1) is 10.1 Å². The number of nitrogens with zero attached hydrogens (tertiary/aromatic N) is 4. The van der Waals surface area contributed by atoms with Crippen LogP contribution in [0.15, 0.2) is 49.1 Å². The summed E-state index contributed by atoms with van der Waals surface area (Å²) in [5, 5.41) is 11.9. The topological polar surface area (TPSA) is 98.3 Å². The van der Waals surface area contributed by atoms with E-state index in [1.165, 1.54) is 17.0 Å². The molecule has 4 rings (SSSR count). The van der Waals surface area contributed by atoms with E-state index < -0.39 is 16.7 Å². The molecule has 2 amide bonds. The lowest BCUT2D eigenvalue weighted by Crippen LogP contribution is -2.41. The number of carbonyl (C=O) groups is 2. The highest BCUT2D eigenvalue weighted by molar-refractivity contribution is 6.26. The summed E-state index contributed by atoms with van der Waals surface area (Å²) in [6, 6.07) is 7.52. The Labute approximate surface area is 147 Å². The molecule has 0 bridgehead atoms. The van der Waals surface area contributed by atoms with Crippen LogP contribution in [0.2, 0.25) is 0 Å². The molecule has 8 nitrogen and oxygen atoms in total. The van der Waals surface area contributed by atoms with Gasteiger partial charge in [-0.25, -0.2) is 4.98 Å². The maximum atomic E-state index is 12.8. The molecule has 2 aromatic carbocycles. The third-order valence-corrected chi connectivity index (χ3v) is 4.52. The summed E-state index contributed by atoms with van der Waals surface area (Å²) >= 11 is 0. The van der Waals surface area contributed by atoms with E-state index >= 15 is 0 Å². The van der Waals surface area contributed by atoms with Gasteiger partial charge in [-0.15, -0.1) is 0 Å². The van der Waals surface area contributed by atoms with Gasteiger partial charge in [-0.3, -0.25) is 24.6 Å². The van der Waals surface area contributed by atoms with Gasteiger partial charge in [0.1, 0.15) is 0 Å². The Morgan fingerprint density at radius 1 is 1.04 bits per heavy atom. The molecule has 2 heterocycles. The normalized spacial score (nSPS) is 13.5. The van der Waals surface area contributed by atoms with Crippen molar-refractivity contribution < 1.29 is 14.5 Å². The first kappa shape index (κ1) is 15.9. The van der Waals surface area contributed by atoms with Gasteiger partial charge in [-0.2, -0.15) is 0 Å². The molecule has 1 aromatic heterocycles. The maximum Gasteiger partial charge on any atom is 0.277 e. The Morgan fingerprint density at radius 2 is 1.81 bits per heavy atom. The van der Waals surface area contributed by atoms with E-state index in [0.717, 1.165) is 0 Å². The van der Waals surface area contributed by atoms with E-state index in [1.807, 2.05) is 10.8 Å². The Kier molecular flexibility index (Phi) is 3.72. The number of aryl methyl sites for hydroxylation is 1. The minimum Gasteiger partial charge on any atom is -0.337 e. The van der Waals surface area contributed by atoms with Crippen LogP contribution in [0.1, 0.15) is 27.1 Å². The minimum absolute atomic E-state index is 0.111. The fourth-order valence-corrected chi connectivity index (χ4v) is 3.32. The standard InChI is InChI=1S/C18H14N4O4/c23-17-13-4-1-3-12-15(22(25)26)6-5-14(16(12)13)18(24)21(17)9-2-8-20-10-7-19-11-20/h1,3-7,10-11H,2,8-9H2. The molecule has 0 atom stereocenters. The number of non-ortho nitro benzene ring substituents is 1. The number of benzene rings is 2. The van der Waals surface area contributed by atoms with Crippen molar-refractivity contribution in [3.05, 3.63) is 70.3 Å². The number of rotatable bonds is 5. The van der Waals surface area contributed by atoms with Crippen molar-refractivity contribution >= 4 is 28.3 Å². The van der Waals surface area contributed by atoms with Crippen molar-refractivity contribution in [1.29, 1.82) is 0 Å². The average Bonchev–Trinajstić information content (AvgIpc) is 3.15. The molecule has 0 aliphatic carbocycles. The molecule has 0 radical (unpaired) electrons. The molecule has 0 saturated carbocycles. The number of aromatic nitrogens is 2. The quantitative estimate of drug-likeness (QED) is 0.400. The molecular formula is C18H14N4O4. The third-order valence-electron chi connectivity index (χ3n) is 4.52. The highest BCUT2D eigenvalue weighted by Gasteiger charge is 2.34. The lowest BCUT2D eigenvalue weighted by molar-refractivity contribution is -0.383. The number of nitro benzene ring substituents is 1. The lowest BCUT2D eigenvalue weighted by atomic mass is 9.93. The summed E-state index contributed by atoms with van der Waals surface area (Å²) in [5.74, 6) is -0.835. The second kappa shape index (κ2) is 6.07. The van der Waals surface area contributed by atoms with Crippen molar-refractivity contribution in [2.75, 3.05) is 6.54 Å². The summed E-state index contributed by atoms with van der Waals surface area (Å²) in [7, 11) is 0. The SMILES string of the molecule is O=C1c2cccc3c([N+](=O)[O-])ccc(c23)C(=O)N1CCCn1ccnc1. The Bertz CT molecular complexity index is 1020. The molecule has 0 spiro atoms. The second-order valence-corrected chi connectivity index (χ2v) is 6.03. The molecule has 0 N–H and O–H groups in total. The van der Waals surface area contributed by atoms with E-state index in [-0.39, 0.29) is 12.2 Å². The summed E-state index contributed by atoms with van der Waals surface area (Å²) in [6.07, 6.45) is 5.75. The first-order valence-corrected chi connectivity index (χ1v) is 8.10. The van der Waals surface area contributed by atoms with Crippen LogP contribution in [-0.2, 0) is 6.54 Å². The Morgan fingerprint density at radius 3 is 2.50 bits per heavy atom. The van der Waals surface area contributed by atoms with E-state index in [9.17, 15) is 19.7 Å². The van der Waals surface area contributed by atoms with E-state index in [4.69, 9.17) is 0 Å². The van der Waals surface area contributed by atoms with Crippen LogP contribution >= 0.6 is 0 Å². The Hall–Kier alpha value is -3.55. The molecule has 0 saturated heterocycles. The van der Waals surface area contributed by atoms with Gasteiger partial charge in [0.2, 0.25) is 0 Å². The molecule has 0 fully saturated rings. The smallest absolute Gasteiger partial charge is 0.277 e. The average molecular weight is 350 g/mol. The maximum absolute atomic E-state index is 12.8. The molecule has 130 valence electrons. The van der Waals surface area contributed by atoms with Crippen molar-refractivity contribution in [1.82, 2.24) is 14.5 Å². The summed E-state index contributed by atoms with van der Waals surface area (Å²) in [5.41, 5.74) is 0.534.